The van der Waals surface area contributed by atoms with E-state index in [9.17, 15) is 14.7 Å². The molecule has 2 rings (SSSR count). The molecular weight excluding hydrogens is 292 g/mol. The van der Waals surface area contributed by atoms with Gasteiger partial charge in [0.25, 0.3) is 5.91 Å². The van der Waals surface area contributed by atoms with Crippen molar-refractivity contribution >= 4 is 12.3 Å². The van der Waals surface area contributed by atoms with Crippen LogP contribution in [0.5, 0.6) is 0 Å². The molecule has 2 atom stereocenters. The number of carbonyl (C=O) groups is 2. The van der Waals surface area contributed by atoms with E-state index in [-0.39, 0.29) is 11.9 Å². The van der Waals surface area contributed by atoms with Gasteiger partial charge in [0.15, 0.2) is 6.10 Å². The molecule has 5 heteroatoms. The molecule has 2 saturated carbocycles. The fourth-order valence-corrected chi connectivity index (χ4v) is 4.02. The average Bonchev–Trinajstić information content (AvgIpc) is 2.61. The minimum Gasteiger partial charge on any atom is -0.381 e. The topological polar surface area (TPSA) is 69.6 Å². The molecule has 132 valence electrons. The maximum Gasteiger partial charge on any atom is 0.250 e. The van der Waals surface area contributed by atoms with Crippen LogP contribution in [0.15, 0.2) is 0 Å². The number of carbonyl (C=O) groups excluding carboxylic acids is 2. The Labute approximate surface area is 139 Å². The smallest absolute Gasteiger partial charge is 0.250 e. The highest BCUT2D eigenvalue weighted by atomic mass is 16.3. The molecule has 0 spiro atoms. The summed E-state index contributed by atoms with van der Waals surface area (Å²) in [5.41, 5.74) is 0. The van der Waals surface area contributed by atoms with E-state index in [4.69, 9.17) is 0 Å². The number of aliphatic hydroxyl groups is 1. The maximum atomic E-state index is 12.2. The monoisotopic (exact) mass is 324 g/mol. The zero-order valence-corrected chi connectivity index (χ0v) is 14.4. The second-order valence-corrected chi connectivity index (χ2v) is 7.28. The molecule has 0 aromatic heterocycles. The highest BCUT2D eigenvalue weighted by molar-refractivity contribution is 5.81. The lowest BCUT2D eigenvalue weighted by Gasteiger charge is -2.37. The van der Waals surface area contributed by atoms with Crippen LogP contribution in [0, 0.1) is 5.92 Å². The van der Waals surface area contributed by atoms with Crippen molar-refractivity contribution in [3.63, 3.8) is 0 Å². The zero-order valence-electron chi connectivity index (χ0n) is 14.4. The molecule has 2 fully saturated rings. The fraction of sp³-hybridized carbons (Fsp3) is 0.889. The van der Waals surface area contributed by atoms with E-state index in [0.29, 0.717) is 12.5 Å². The summed E-state index contributed by atoms with van der Waals surface area (Å²) in [6.45, 7) is 2.42. The third-order valence-electron chi connectivity index (χ3n) is 5.60. The molecule has 5 nitrogen and oxygen atoms in total. The first-order chi connectivity index (χ1) is 11.1. The molecule has 23 heavy (non-hydrogen) atoms. The van der Waals surface area contributed by atoms with E-state index >= 15 is 0 Å². The number of hydrogen-bond donors (Lipinski definition) is 2. The summed E-state index contributed by atoms with van der Waals surface area (Å²) in [4.78, 5) is 25.3. The first-order valence-electron chi connectivity index (χ1n) is 9.32. The molecular formula is C18H32N2O3. The van der Waals surface area contributed by atoms with Gasteiger partial charge in [-0.25, -0.2) is 0 Å². The van der Waals surface area contributed by atoms with Crippen molar-refractivity contribution in [2.24, 2.45) is 5.92 Å². The second-order valence-electron chi connectivity index (χ2n) is 7.28. The summed E-state index contributed by atoms with van der Waals surface area (Å²) < 4.78 is 0. The van der Waals surface area contributed by atoms with E-state index in [1.807, 2.05) is 0 Å². The van der Waals surface area contributed by atoms with Gasteiger partial charge in [-0.05, 0) is 38.5 Å². The largest absolute Gasteiger partial charge is 0.381 e. The molecule has 0 bridgehead atoms. The Morgan fingerprint density at radius 2 is 1.70 bits per heavy atom. The van der Waals surface area contributed by atoms with Gasteiger partial charge < -0.3 is 15.3 Å². The lowest BCUT2D eigenvalue weighted by molar-refractivity contribution is -0.137. The summed E-state index contributed by atoms with van der Waals surface area (Å²) in [6.07, 6.45) is 11.1. The average molecular weight is 324 g/mol. The van der Waals surface area contributed by atoms with Crippen molar-refractivity contribution in [1.29, 1.82) is 0 Å². The lowest BCUT2D eigenvalue weighted by atomic mass is 9.89. The Bertz CT molecular complexity index is 376. The summed E-state index contributed by atoms with van der Waals surface area (Å²) in [7, 11) is 0. The molecule has 2 aliphatic rings. The first kappa shape index (κ1) is 18.2. The van der Waals surface area contributed by atoms with Crippen molar-refractivity contribution in [3.05, 3.63) is 0 Å². The predicted octanol–water partition coefficient (Wildman–Crippen LogP) is 2.22. The molecule has 2 unspecified atom stereocenters. The lowest BCUT2D eigenvalue weighted by Crippen LogP contribution is -2.53. The number of nitrogens with zero attached hydrogens (tertiary/aromatic N) is 1. The van der Waals surface area contributed by atoms with Gasteiger partial charge in [-0.1, -0.05) is 38.5 Å². The molecule has 2 amide bonds. The third-order valence-corrected chi connectivity index (χ3v) is 5.60. The normalized spacial score (nSPS) is 23.0. The van der Waals surface area contributed by atoms with E-state index in [0.717, 1.165) is 44.9 Å². The summed E-state index contributed by atoms with van der Waals surface area (Å²) >= 11 is 0. The van der Waals surface area contributed by atoms with Gasteiger partial charge in [0, 0.05) is 12.6 Å². The zero-order chi connectivity index (χ0) is 16.7. The van der Waals surface area contributed by atoms with Crippen molar-refractivity contribution in [2.75, 3.05) is 6.54 Å². The maximum absolute atomic E-state index is 12.2. The Morgan fingerprint density at radius 1 is 1.13 bits per heavy atom. The van der Waals surface area contributed by atoms with Gasteiger partial charge in [-0.2, -0.15) is 0 Å². The van der Waals surface area contributed by atoms with Crippen LogP contribution in [-0.4, -0.2) is 47.1 Å². The van der Waals surface area contributed by atoms with Gasteiger partial charge in [0.05, 0.1) is 6.04 Å². The number of hydrogen-bond acceptors (Lipinski definition) is 3. The minimum atomic E-state index is -1.15. The Morgan fingerprint density at radius 3 is 2.26 bits per heavy atom. The molecule has 0 aromatic rings. The predicted molar refractivity (Wildman–Crippen MR) is 89.8 cm³/mol. The highest BCUT2D eigenvalue weighted by Gasteiger charge is 2.32. The standard InChI is InChI=1S/C18H32N2O3/c1-14(20(13-21)16-10-6-3-7-11-16)17(22)18(23)19-12-15-8-4-2-5-9-15/h13-17,22H,2-12H2,1H3,(H,19,23). The van der Waals surface area contributed by atoms with Crippen LogP contribution < -0.4 is 5.32 Å². The summed E-state index contributed by atoms with van der Waals surface area (Å²) in [5, 5.41) is 13.2. The Hall–Kier alpha value is -1.10. The van der Waals surface area contributed by atoms with Gasteiger partial charge in [0.1, 0.15) is 0 Å². The summed E-state index contributed by atoms with van der Waals surface area (Å²) in [5.74, 6) is 0.196. The van der Waals surface area contributed by atoms with Gasteiger partial charge in [-0.15, -0.1) is 0 Å². The van der Waals surface area contributed by atoms with E-state index < -0.39 is 12.1 Å². The highest BCUT2D eigenvalue weighted by Crippen LogP contribution is 2.25. The van der Waals surface area contributed by atoms with Crippen LogP contribution in [0.1, 0.15) is 71.1 Å². The van der Waals surface area contributed by atoms with Crippen molar-refractivity contribution in [1.82, 2.24) is 10.2 Å². The number of amides is 2. The van der Waals surface area contributed by atoms with Crippen LogP contribution >= 0.6 is 0 Å². The molecule has 0 radical (unpaired) electrons. The van der Waals surface area contributed by atoms with Crippen LogP contribution in [0.4, 0.5) is 0 Å². The van der Waals surface area contributed by atoms with Crippen LogP contribution in [-0.2, 0) is 9.59 Å². The molecule has 0 saturated heterocycles. The molecule has 0 aliphatic heterocycles. The number of nitrogens with one attached hydrogen (secondary N) is 1. The molecule has 2 N–H and O–H groups in total. The van der Waals surface area contributed by atoms with Crippen molar-refractivity contribution in [2.45, 2.75) is 89.3 Å². The van der Waals surface area contributed by atoms with Gasteiger partial charge in [0.2, 0.25) is 6.41 Å². The Balaban J connectivity index is 1.82. The van der Waals surface area contributed by atoms with Gasteiger partial charge >= 0.3 is 0 Å². The number of aliphatic hydroxyl groups excluding tert-OH is 1. The second kappa shape index (κ2) is 9.26. The van der Waals surface area contributed by atoms with Crippen LogP contribution in [0.3, 0.4) is 0 Å². The van der Waals surface area contributed by atoms with Crippen molar-refractivity contribution < 1.29 is 14.7 Å². The van der Waals surface area contributed by atoms with Crippen LogP contribution in [0.25, 0.3) is 0 Å². The number of rotatable bonds is 7. The SMILES string of the molecule is CC(C(O)C(=O)NCC1CCCCC1)N(C=O)C1CCCCC1. The fourth-order valence-electron chi connectivity index (χ4n) is 4.02. The molecule has 2 aliphatic carbocycles. The summed E-state index contributed by atoms with van der Waals surface area (Å²) in [6, 6.07) is -0.306. The Kier molecular flexibility index (Phi) is 7.34. The van der Waals surface area contributed by atoms with E-state index in [1.54, 1.807) is 11.8 Å². The third kappa shape index (κ3) is 5.20. The van der Waals surface area contributed by atoms with Gasteiger partial charge in [-0.3, -0.25) is 9.59 Å². The van der Waals surface area contributed by atoms with Crippen LogP contribution in [0.2, 0.25) is 0 Å². The first-order valence-corrected chi connectivity index (χ1v) is 9.32. The minimum absolute atomic E-state index is 0.164. The molecule has 0 heterocycles. The molecule has 0 aromatic carbocycles. The quantitative estimate of drug-likeness (QED) is 0.706. The van der Waals surface area contributed by atoms with E-state index in [1.165, 1.54) is 25.7 Å². The van der Waals surface area contributed by atoms with Crippen molar-refractivity contribution in [3.8, 4) is 0 Å². The van der Waals surface area contributed by atoms with E-state index in [2.05, 4.69) is 5.32 Å².